The lowest BCUT2D eigenvalue weighted by Crippen LogP contribution is -2.34. The van der Waals surface area contributed by atoms with Gasteiger partial charge in [0.2, 0.25) is 0 Å². The number of pyridine rings is 1. The highest BCUT2D eigenvalue weighted by Gasteiger charge is 2.58. The van der Waals surface area contributed by atoms with Gasteiger partial charge in [-0.1, -0.05) is 6.07 Å². The van der Waals surface area contributed by atoms with Gasteiger partial charge in [-0.15, -0.1) is 0 Å². The Morgan fingerprint density at radius 2 is 1.71 bits per heavy atom. The van der Waals surface area contributed by atoms with Gasteiger partial charge in [0, 0.05) is 24.9 Å². The quantitative estimate of drug-likeness (QED) is 0.291. The predicted molar refractivity (Wildman–Crippen MR) is 88.3 cm³/mol. The second-order valence-corrected chi connectivity index (χ2v) is 9.70. The molecule has 138 valence electrons. The van der Waals surface area contributed by atoms with Gasteiger partial charge < -0.3 is 29.6 Å². The zero-order valence-corrected chi connectivity index (χ0v) is 15.2. The van der Waals surface area contributed by atoms with Crippen LogP contribution in [0, 0.1) is 0 Å². The van der Waals surface area contributed by atoms with E-state index in [1.54, 1.807) is 18.1 Å². The number of rotatable bonds is 10. The molecule has 0 aliphatic heterocycles. The zero-order chi connectivity index (χ0) is 18.4. The summed E-state index contributed by atoms with van der Waals surface area (Å²) in [6, 6.07) is 5.66. The first-order chi connectivity index (χ1) is 11.0. The standard InChI is InChI=1S/C13H24N2O7P2/c1-15(10-5-3-7-12-6-2-4-9-14-12)11-8-13(16,23(17,18)19)24(20,21)22/h2,4,6,9,16H,3,5,7-8,10-11H2,1H3,(H2,17,18,19)(H2,20,21,22). The fraction of sp³-hybridized carbons (Fsp3) is 0.615. The highest BCUT2D eigenvalue weighted by atomic mass is 31.2. The minimum atomic E-state index is -5.38. The number of hydrogen-bond acceptors (Lipinski definition) is 5. The average Bonchev–Trinajstić information content (AvgIpc) is 2.48. The van der Waals surface area contributed by atoms with E-state index < -0.39 is 26.7 Å². The number of aryl methyl sites for hydroxylation is 1. The maximum atomic E-state index is 11.3. The molecule has 0 aromatic carbocycles. The normalized spacial score (nSPS) is 13.5. The van der Waals surface area contributed by atoms with Gasteiger partial charge >= 0.3 is 15.2 Å². The van der Waals surface area contributed by atoms with Gasteiger partial charge in [-0.25, -0.2) is 0 Å². The van der Waals surface area contributed by atoms with E-state index in [0.29, 0.717) is 6.54 Å². The third kappa shape index (κ3) is 6.02. The Morgan fingerprint density at radius 1 is 1.08 bits per heavy atom. The molecule has 1 aromatic rings. The molecule has 0 aliphatic carbocycles. The summed E-state index contributed by atoms with van der Waals surface area (Å²) in [5, 5.41) is 6.45. The molecular formula is C13H24N2O7P2. The molecule has 0 saturated heterocycles. The summed E-state index contributed by atoms with van der Waals surface area (Å²) < 4.78 is 22.5. The van der Waals surface area contributed by atoms with Crippen LogP contribution in [0.1, 0.15) is 25.0 Å². The summed E-state index contributed by atoms with van der Waals surface area (Å²) in [4.78, 5) is 42.1. The van der Waals surface area contributed by atoms with Crippen molar-refractivity contribution in [2.75, 3.05) is 20.1 Å². The van der Waals surface area contributed by atoms with Crippen LogP contribution in [0.25, 0.3) is 0 Å². The van der Waals surface area contributed by atoms with Crippen molar-refractivity contribution in [2.45, 2.75) is 30.8 Å². The molecule has 0 radical (unpaired) electrons. The topological polar surface area (TPSA) is 151 Å². The van der Waals surface area contributed by atoms with Gasteiger partial charge in [-0.2, -0.15) is 0 Å². The molecule has 0 aliphatic rings. The molecule has 0 fully saturated rings. The van der Waals surface area contributed by atoms with Crippen LogP contribution in [0.15, 0.2) is 24.4 Å². The van der Waals surface area contributed by atoms with Crippen molar-refractivity contribution in [3.63, 3.8) is 0 Å². The van der Waals surface area contributed by atoms with Crippen molar-refractivity contribution in [3.8, 4) is 0 Å². The first-order valence-electron chi connectivity index (χ1n) is 7.39. The van der Waals surface area contributed by atoms with Crippen molar-refractivity contribution in [3.05, 3.63) is 30.1 Å². The van der Waals surface area contributed by atoms with E-state index in [0.717, 1.165) is 25.0 Å². The van der Waals surface area contributed by atoms with Crippen molar-refractivity contribution < 1.29 is 33.8 Å². The molecule has 0 unspecified atom stereocenters. The van der Waals surface area contributed by atoms with Gasteiger partial charge in [0.25, 0.3) is 5.08 Å². The number of unbranched alkanes of at least 4 members (excludes halogenated alkanes) is 1. The molecule has 1 rings (SSSR count). The number of hydrogen-bond donors (Lipinski definition) is 5. The Balaban J connectivity index is 2.43. The summed E-state index contributed by atoms with van der Waals surface area (Å²) in [5.41, 5.74) is 0.970. The van der Waals surface area contributed by atoms with Gasteiger partial charge in [-0.3, -0.25) is 14.1 Å². The summed E-state index contributed by atoms with van der Waals surface area (Å²) in [6.07, 6.45) is 3.41. The van der Waals surface area contributed by atoms with Crippen molar-refractivity contribution in [2.24, 2.45) is 0 Å². The van der Waals surface area contributed by atoms with Crippen LogP contribution in [0.5, 0.6) is 0 Å². The zero-order valence-electron chi connectivity index (χ0n) is 13.4. The van der Waals surface area contributed by atoms with Crippen LogP contribution >= 0.6 is 15.2 Å². The molecule has 1 heterocycles. The van der Waals surface area contributed by atoms with E-state index in [4.69, 9.17) is 19.6 Å². The lowest BCUT2D eigenvalue weighted by atomic mass is 10.2. The van der Waals surface area contributed by atoms with Gasteiger partial charge in [0.15, 0.2) is 0 Å². The fourth-order valence-corrected chi connectivity index (χ4v) is 4.29. The molecule has 0 atom stereocenters. The lowest BCUT2D eigenvalue weighted by Gasteiger charge is -2.30. The maximum Gasteiger partial charge on any atom is 0.369 e. The van der Waals surface area contributed by atoms with Crippen LogP contribution in [-0.2, 0) is 15.6 Å². The van der Waals surface area contributed by atoms with E-state index in [1.165, 1.54) is 0 Å². The monoisotopic (exact) mass is 382 g/mol. The van der Waals surface area contributed by atoms with Gasteiger partial charge in [-0.05, 0) is 45.0 Å². The second kappa shape index (κ2) is 8.65. The molecule has 1 aromatic heterocycles. The van der Waals surface area contributed by atoms with E-state index in [-0.39, 0.29) is 6.54 Å². The highest BCUT2D eigenvalue weighted by molar-refractivity contribution is 7.72. The van der Waals surface area contributed by atoms with E-state index in [1.807, 2.05) is 18.2 Å². The molecule has 0 bridgehead atoms. The predicted octanol–water partition coefficient (Wildman–Crippen LogP) is 0.728. The molecule has 0 amide bonds. The Kier molecular flexibility index (Phi) is 7.72. The third-order valence-corrected chi connectivity index (χ3v) is 7.59. The van der Waals surface area contributed by atoms with Crippen LogP contribution in [0.2, 0.25) is 0 Å². The molecule has 0 saturated carbocycles. The fourth-order valence-electron chi connectivity index (χ4n) is 2.15. The van der Waals surface area contributed by atoms with Crippen LogP contribution in [0.4, 0.5) is 0 Å². The smallest absolute Gasteiger partial charge is 0.367 e. The Bertz CT molecular complexity index is 580. The molecular weight excluding hydrogens is 358 g/mol. The van der Waals surface area contributed by atoms with Gasteiger partial charge in [0.1, 0.15) is 0 Å². The Morgan fingerprint density at radius 3 is 2.21 bits per heavy atom. The Hall–Kier alpha value is -0.630. The van der Waals surface area contributed by atoms with Crippen LogP contribution in [-0.4, -0.2) is 59.8 Å². The van der Waals surface area contributed by atoms with Crippen molar-refractivity contribution in [1.29, 1.82) is 0 Å². The minimum Gasteiger partial charge on any atom is -0.367 e. The van der Waals surface area contributed by atoms with E-state index in [9.17, 15) is 14.2 Å². The molecule has 9 nitrogen and oxygen atoms in total. The summed E-state index contributed by atoms with van der Waals surface area (Å²) >= 11 is 0. The number of nitrogens with zero attached hydrogens (tertiary/aromatic N) is 2. The Labute approximate surface area is 140 Å². The second-order valence-electron chi connectivity index (χ2n) is 5.69. The largest absolute Gasteiger partial charge is 0.369 e. The van der Waals surface area contributed by atoms with Crippen molar-refractivity contribution in [1.82, 2.24) is 9.88 Å². The van der Waals surface area contributed by atoms with Crippen LogP contribution in [0.3, 0.4) is 0 Å². The average molecular weight is 382 g/mol. The SMILES string of the molecule is CN(CCCCc1ccccn1)CCC(O)(P(=O)(O)O)P(=O)(O)O. The molecule has 11 heteroatoms. The maximum absolute atomic E-state index is 11.3. The molecule has 24 heavy (non-hydrogen) atoms. The molecule has 0 spiro atoms. The van der Waals surface area contributed by atoms with E-state index >= 15 is 0 Å². The van der Waals surface area contributed by atoms with Gasteiger partial charge in [0.05, 0.1) is 0 Å². The van der Waals surface area contributed by atoms with Crippen molar-refractivity contribution >= 4 is 15.2 Å². The summed E-state index contributed by atoms with van der Waals surface area (Å²) in [5.74, 6) is 0. The minimum absolute atomic E-state index is 0.0592. The first kappa shape index (κ1) is 21.4. The first-order valence-corrected chi connectivity index (χ1v) is 10.6. The highest BCUT2D eigenvalue weighted by Crippen LogP contribution is 2.68. The van der Waals surface area contributed by atoms with E-state index in [2.05, 4.69) is 4.98 Å². The number of aromatic nitrogens is 1. The van der Waals surface area contributed by atoms with Crippen LogP contribution < -0.4 is 0 Å². The number of aliphatic hydroxyl groups is 1. The summed E-state index contributed by atoms with van der Waals surface area (Å²) in [7, 11) is -9.11. The lowest BCUT2D eigenvalue weighted by molar-refractivity contribution is 0.112. The summed E-state index contributed by atoms with van der Waals surface area (Å²) in [6.45, 7) is 0.502. The molecule has 5 N–H and O–H groups in total. The third-order valence-electron chi connectivity index (χ3n) is 3.71.